The average Bonchev–Trinajstić information content (AvgIpc) is 3.33. The highest BCUT2D eigenvalue weighted by atomic mass is 35.5. The second-order valence-electron chi connectivity index (χ2n) is 7.70. The lowest BCUT2D eigenvalue weighted by molar-refractivity contribution is 0.0522. The molecule has 0 radical (unpaired) electrons. The van der Waals surface area contributed by atoms with Gasteiger partial charge in [-0.2, -0.15) is 0 Å². The number of rotatable bonds is 5. The molecule has 2 aromatic rings. The molecule has 3 heterocycles. The van der Waals surface area contributed by atoms with Gasteiger partial charge < -0.3 is 25.0 Å². The molecule has 2 aliphatic heterocycles. The van der Waals surface area contributed by atoms with Gasteiger partial charge in [-0.25, -0.2) is 4.98 Å². The Labute approximate surface area is 186 Å². The fraction of sp³-hybridized carbons (Fsp3) is 0.524. The third-order valence-electron chi connectivity index (χ3n) is 6.02. The molecule has 0 unspecified atom stereocenters. The number of nitrogens with zero attached hydrogens (tertiary/aromatic N) is 4. The van der Waals surface area contributed by atoms with Gasteiger partial charge in [-0.05, 0) is 31.0 Å². The summed E-state index contributed by atoms with van der Waals surface area (Å²) in [5.41, 5.74) is 7.32. The van der Waals surface area contributed by atoms with E-state index in [1.165, 1.54) is 0 Å². The molecule has 1 aromatic heterocycles. The number of hydrogen-bond donors (Lipinski definition) is 1. The standard InChI is InChI=1S/C21H28ClN5O2S/c1-28-18-3-2-16(22)14-17(18)21(4-11-29-12-5-21)15-25-19(23)26-7-9-27(10-8-26)20-24-6-13-30-20/h2-3,6,13-14H,4-5,7-12,15H2,1H3,(H2,23,25). The van der Waals surface area contributed by atoms with Crippen LogP contribution < -0.4 is 15.4 Å². The number of piperazine rings is 1. The minimum Gasteiger partial charge on any atom is -0.496 e. The number of ether oxygens (including phenoxy) is 2. The Morgan fingerprint density at radius 2 is 2.07 bits per heavy atom. The summed E-state index contributed by atoms with van der Waals surface area (Å²) in [6, 6.07) is 5.79. The van der Waals surface area contributed by atoms with Crippen LogP contribution in [0.15, 0.2) is 34.8 Å². The normalized spacial score (nSPS) is 19.7. The molecule has 2 N–H and O–H groups in total. The van der Waals surface area contributed by atoms with Crippen molar-refractivity contribution in [3.63, 3.8) is 0 Å². The Bertz CT molecular complexity index is 862. The Morgan fingerprint density at radius 3 is 2.73 bits per heavy atom. The predicted octanol–water partition coefficient (Wildman–Crippen LogP) is 2.99. The lowest BCUT2D eigenvalue weighted by Gasteiger charge is -2.38. The molecule has 2 aliphatic rings. The number of anilines is 1. The van der Waals surface area contributed by atoms with Crippen LogP contribution in [0.3, 0.4) is 0 Å². The zero-order valence-corrected chi connectivity index (χ0v) is 18.8. The third kappa shape index (κ3) is 4.50. The highest BCUT2D eigenvalue weighted by Crippen LogP contribution is 2.41. The largest absolute Gasteiger partial charge is 0.496 e. The first-order valence-corrected chi connectivity index (χ1v) is 11.5. The smallest absolute Gasteiger partial charge is 0.191 e. The van der Waals surface area contributed by atoms with Crippen LogP contribution in [-0.4, -0.2) is 68.9 Å². The van der Waals surface area contributed by atoms with Crippen LogP contribution in [0.4, 0.5) is 5.13 Å². The maximum absolute atomic E-state index is 6.42. The summed E-state index contributed by atoms with van der Waals surface area (Å²) in [5, 5.41) is 3.78. The maximum Gasteiger partial charge on any atom is 0.191 e. The van der Waals surface area contributed by atoms with Gasteiger partial charge in [0.1, 0.15) is 5.75 Å². The highest BCUT2D eigenvalue weighted by Gasteiger charge is 2.37. The minimum atomic E-state index is -0.193. The number of thiazole rings is 1. The van der Waals surface area contributed by atoms with Gasteiger partial charge >= 0.3 is 0 Å². The Balaban J connectivity index is 1.49. The van der Waals surface area contributed by atoms with E-state index < -0.39 is 0 Å². The summed E-state index contributed by atoms with van der Waals surface area (Å²) in [6.07, 6.45) is 3.57. The van der Waals surface area contributed by atoms with Gasteiger partial charge in [-0.1, -0.05) is 11.6 Å². The second-order valence-corrected chi connectivity index (χ2v) is 9.01. The average molecular weight is 450 g/mol. The highest BCUT2D eigenvalue weighted by molar-refractivity contribution is 7.13. The molecule has 2 fully saturated rings. The molecule has 0 atom stereocenters. The molecule has 0 saturated carbocycles. The summed E-state index contributed by atoms with van der Waals surface area (Å²) < 4.78 is 11.3. The van der Waals surface area contributed by atoms with Gasteiger partial charge in [-0.15, -0.1) is 11.3 Å². The van der Waals surface area contributed by atoms with Gasteiger partial charge in [0.05, 0.1) is 13.7 Å². The third-order valence-corrected chi connectivity index (χ3v) is 7.09. The van der Waals surface area contributed by atoms with E-state index in [1.807, 2.05) is 29.8 Å². The fourth-order valence-corrected chi connectivity index (χ4v) is 5.07. The fourth-order valence-electron chi connectivity index (χ4n) is 4.20. The molecule has 0 aliphatic carbocycles. The first-order chi connectivity index (χ1) is 14.6. The number of hydrogen-bond acceptors (Lipinski definition) is 6. The predicted molar refractivity (Wildman–Crippen MR) is 122 cm³/mol. The van der Waals surface area contributed by atoms with E-state index in [2.05, 4.69) is 14.8 Å². The van der Waals surface area contributed by atoms with Gasteiger partial charge in [-0.3, -0.25) is 4.99 Å². The first kappa shape index (κ1) is 21.2. The van der Waals surface area contributed by atoms with Crippen molar-refractivity contribution >= 4 is 34.0 Å². The lowest BCUT2D eigenvalue weighted by atomic mass is 9.73. The quantitative estimate of drug-likeness (QED) is 0.558. The molecule has 4 rings (SSSR count). The zero-order chi connectivity index (χ0) is 21.0. The summed E-state index contributed by atoms with van der Waals surface area (Å²) >= 11 is 8.00. The Morgan fingerprint density at radius 1 is 1.30 bits per heavy atom. The van der Waals surface area contributed by atoms with Crippen LogP contribution in [0, 0.1) is 0 Å². The maximum atomic E-state index is 6.42. The van der Waals surface area contributed by atoms with Crippen molar-refractivity contribution in [1.29, 1.82) is 0 Å². The van der Waals surface area contributed by atoms with Gasteiger partial charge in [0.2, 0.25) is 0 Å². The Hall–Kier alpha value is -2.03. The van der Waals surface area contributed by atoms with Gasteiger partial charge in [0.25, 0.3) is 0 Å². The van der Waals surface area contributed by atoms with Crippen molar-refractivity contribution in [3.05, 3.63) is 40.4 Å². The van der Waals surface area contributed by atoms with E-state index in [9.17, 15) is 0 Å². The van der Waals surface area contributed by atoms with Crippen LogP contribution in [0.25, 0.3) is 0 Å². The first-order valence-electron chi connectivity index (χ1n) is 10.2. The molecular weight excluding hydrogens is 422 g/mol. The van der Waals surface area contributed by atoms with Crippen molar-refractivity contribution < 1.29 is 9.47 Å². The summed E-state index contributed by atoms with van der Waals surface area (Å²) in [4.78, 5) is 13.7. The van der Waals surface area contributed by atoms with Crippen molar-refractivity contribution in [3.8, 4) is 5.75 Å². The molecule has 9 heteroatoms. The van der Waals surface area contributed by atoms with Crippen molar-refractivity contribution in [2.45, 2.75) is 18.3 Å². The molecule has 7 nitrogen and oxygen atoms in total. The zero-order valence-electron chi connectivity index (χ0n) is 17.2. The number of guanidine groups is 1. The molecule has 1 aromatic carbocycles. The summed E-state index contributed by atoms with van der Waals surface area (Å²) in [5.74, 6) is 1.44. The molecular formula is C21H28ClN5O2S. The van der Waals surface area contributed by atoms with E-state index >= 15 is 0 Å². The van der Waals surface area contributed by atoms with Gasteiger partial charge in [0, 0.05) is 67.0 Å². The summed E-state index contributed by atoms with van der Waals surface area (Å²) in [6.45, 7) is 5.44. The molecule has 30 heavy (non-hydrogen) atoms. The van der Waals surface area contributed by atoms with Crippen molar-refractivity contribution in [1.82, 2.24) is 9.88 Å². The summed E-state index contributed by atoms with van der Waals surface area (Å²) in [7, 11) is 1.69. The van der Waals surface area contributed by atoms with Crippen molar-refractivity contribution in [2.24, 2.45) is 10.7 Å². The second kappa shape index (κ2) is 9.41. The van der Waals surface area contributed by atoms with Crippen LogP contribution in [0.1, 0.15) is 18.4 Å². The molecule has 0 amide bonds. The number of halogens is 1. The topological polar surface area (TPSA) is 76.2 Å². The van der Waals surface area contributed by atoms with Crippen LogP contribution in [-0.2, 0) is 10.2 Å². The number of aromatic nitrogens is 1. The SMILES string of the molecule is COc1ccc(Cl)cc1C1(CN=C(N)N2CCN(c3nccs3)CC2)CCOCC1. The van der Waals surface area contributed by atoms with Crippen LogP contribution >= 0.6 is 22.9 Å². The number of nitrogens with two attached hydrogens (primary N) is 1. The van der Waals surface area contributed by atoms with E-state index in [4.69, 9.17) is 31.8 Å². The van der Waals surface area contributed by atoms with E-state index in [0.29, 0.717) is 30.7 Å². The number of aliphatic imine (C=N–C) groups is 1. The monoisotopic (exact) mass is 449 g/mol. The molecule has 2 saturated heterocycles. The molecule has 162 valence electrons. The molecule has 0 spiro atoms. The van der Waals surface area contributed by atoms with E-state index in [-0.39, 0.29) is 5.41 Å². The van der Waals surface area contributed by atoms with Gasteiger partial charge in [0.15, 0.2) is 11.1 Å². The van der Waals surface area contributed by atoms with Crippen LogP contribution in [0.2, 0.25) is 5.02 Å². The van der Waals surface area contributed by atoms with Crippen molar-refractivity contribution in [2.75, 3.05) is 57.9 Å². The molecule has 0 bridgehead atoms. The van der Waals surface area contributed by atoms with E-state index in [0.717, 1.165) is 55.5 Å². The van der Waals surface area contributed by atoms with E-state index in [1.54, 1.807) is 18.4 Å². The Kier molecular flexibility index (Phi) is 6.65. The number of methoxy groups -OCH3 is 1. The number of benzene rings is 1. The minimum absolute atomic E-state index is 0.193. The lowest BCUT2D eigenvalue weighted by Crippen LogP contribution is -2.51. The van der Waals surface area contributed by atoms with Crippen LogP contribution in [0.5, 0.6) is 5.75 Å².